The number of nitrogens with zero attached hydrogens (tertiary/aromatic N) is 2. The van der Waals surface area contributed by atoms with E-state index < -0.39 is 5.97 Å². The van der Waals surface area contributed by atoms with Crippen LogP contribution in [0.4, 0.5) is 0 Å². The molecule has 1 aromatic heterocycles. The summed E-state index contributed by atoms with van der Waals surface area (Å²) in [6.07, 6.45) is 2.46. The molecule has 0 fully saturated rings. The molecular weight excluding hydrogens is 244 g/mol. The van der Waals surface area contributed by atoms with Crippen LogP contribution in [-0.2, 0) is 22.6 Å². The van der Waals surface area contributed by atoms with Crippen molar-refractivity contribution in [1.82, 2.24) is 9.88 Å². The van der Waals surface area contributed by atoms with Crippen LogP contribution >= 0.6 is 0 Å². The first-order valence-electron chi connectivity index (χ1n) is 6.13. The number of carboxylic acids is 1. The third-order valence-electron chi connectivity index (χ3n) is 3.46. The molecule has 0 aromatic carbocycles. The summed E-state index contributed by atoms with van der Waals surface area (Å²) in [7, 11) is 0. The monoisotopic (exact) mass is 260 g/mol. The molecule has 0 atom stereocenters. The van der Waals surface area contributed by atoms with Crippen molar-refractivity contribution in [2.45, 2.75) is 26.8 Å². The van der Waals surface area contributed by atoms with Gasteiger partial charge >= 0.3 is 5.97 Å². The average molecular weight is 260 g/mol. The number of carboxylic acid groups (broad SMARTS) is 1. The van der Waals surface area contributed by atoms with Crippen molar-refractivity contribution in [3.05, 3.63) is 40.7 Å². The second-order valence-electron chi connectivity index (χ2n) is 4.64. The fraction of sp³-hybridized carbons (Fsp3) is 0.357. The van der Waals surface area contributed by atoms with E-state index in [1.54, 1.807) is 18.0 Å². The molecule has 19 heavy (non-hydrogen) atoms. The van der Waals surface area contributed by atoms with E-state index in [0.717, 1.165) is 11.3 Å². The summed E-state index contributed by atoms with van der Waals surface area (Å²) in [5, 5.41) is 8.92. The predicted octanol–water partition coefficient (Wildman–Crippen LogP) is 1.39. The molecule has 0 bridgehead atoms. The smallest absolute Gasteiger partial charge is 0.331 e. The van der Waals surface area contributed by atoms with Crippen molar-refractivity contribution >= 4 is 11.9 Å². The quantitative estimate of drug-likeness (QED) is 0.816. The fourth-order valence-corrected chi connectivity index (χ4v) is 2.10. The van der Waals surface area contributed by atoms with Crippen molar-refractivity contribution in [2.75, 3.05) is 6.54 Å². The molecule has 5 heteroatoms. The summed E-state index contributed by atoms with van der Waals surface area (Å²) < 4.78 is 0. The second-order valence-corrected chi connectivity index (χ2v) is 4.64. The molecule has 0 aliphatic carbocycles. The van der Waals surface area contributed by atoms with Gasteiger partial charge in [0.15, 0.2) is 0 Å². The first-order valence-corrected chi connectivity index (χ1v) is 6.13. The van der Waals surface area contributed by atoms with Crippen LogP contribution in [0.2, 0.25) is 0 Å². The van der Waals surface area contributed by atoms with Gasteiger partial charge in [-0.2, -0.15) is 0 Å². The Balaban J connectivity index is 2.20. The standard InChI is InChI=1S/C14H16N2O3/c1-9(10(2)14(18)19)13(17)16-7-5-12-11(8-16)4-3-6-15-12/h3-4,6H,5,7-8H2,1-2H3,(H,18,19). The van der Waals surface area contributed by atoms with Crippen molar-refractivity contribution in [1.29, 1.82) is 0 Å². The number of aromatic nitrogens is 1. The Morgan fingerprint density at radius 1 is 1.32 bits per heavy atom. The summed E-state index contributed by atoms with van der Waals surface area (Å²) in [5.74, 6) is -1.26. The Morgan fingerprint density at radius 2 is 2.05 bits per heavy atom. The Bertz CT molecular complexity index is 564. The largest absolute Gasteiger partial charge is 0.478 e. The number of rotatable bonds is 2. The highest BCUT2D eigenvalue weighted by molar-refractivity contribution is 6.01. The summed E-state index contributed by atoms with van der Waals surface area (Å²) in [6, 6.07) is 3.79. The van der Waals surface area contributed by atoms with Gasteiger partial charge < -0.3 is 10.0 Å². The summed E-state index contributed by atoms with van der Waals surface area (Å²) in [5.41, 5.74) is 2.44. The lowest BCUT2D eigenvalue weighted by molar-refractivity contribution is -0.134. The molecule has 5 nitrogen and oxygen atoms in total. The van der Waals surface area contributed by atoms with E-state index in [4.69, 9.17) is 5.11 Å². The van der Waals surface area contributed by atoms with Gasteiger partial charge in [-0.1, -0.05) is 6.07 Å². The van der Waals surface area contributed by atoms with Crippen molar-refractivity contribution in [2.24, 2.45) is 0 Å². The van der Waals surface area contributed by atoms with Gasteiger partial charge in [-0.3, -0.25) is 9.78 Å². The maximum absolute atomic E-state index is 12.2. The Morgan fingerprint density at radius 3 is 2.74 bits per heavy atom. The lowest BCUT2D eigenvalue weighted by Gasteiger charge is -2.28. The zero-order valence-electron chi connectivity index (χ0n) is 11.0. The topological polar surface area (TPSA) is 70.5 Å². The molecule has 100 valence electrons. The van der Waals surface area contributed by atoms with E-state index in [9.17, 15) is 9.59 Å². The molecule has 1 N–H and O–H groups in total. The van der Waals surface area contributed by atoms with E-state index >= 15 is 0 Å². The van der Waals surface area contributed by atoms with Crippen molar-refractivity contribution < 1.29 is 14.7 Å². The normalized spacial score (nSPS) is 15.6. The van der Waals surface area contributed by atoms with E-state index in [1.165, 1.54) is 6.92 Å². The molecule has 1 amide bonds. The lowest BCUT2D eigenvalue weighted by Crippen LogP contribution is -2.37. The van der Waals surface area contributed by atoms with Crippen LogP contribution in [0.3, 0.4) is 0 Å². The predicted molar refractivity (Wildman–Crippen MR) is 69.4 cm³/mol. The van der Waals surface area contributed by atoms with Gasteiger partial charge in [0.25, 0.3) is 0 Å². The summed E-state index contributed by atoms with van der Waals surface area (Å²) in [6.45, 7) is 4.08. The molecule has 1 aromatic rings. The van der Waals surface area contributed by atoms with E-state index in [2.05, 4.69) is 4.98 Å². The third kappa shape index (κ3) is 2.65. The van der Waals surface area contributed by atoms with Gasteiger partial charge in [0.2, 0.25) is 5.91 Å². The SMILES string of the molecule is CC(C(=O)O)=C(C)C(=O)N1CCc2ncccc2C1. The van der Waals surface area contributed by atoms with Crippen molar-refractivity contribution in [3.8, 4) is 0 Å². The lowest BCUT2D eigenvalue weighted by atomic mass is 10.0. The highest BCUT2D eigenvalue weighted by atomic mass is 16.4. The Hall–Kier alpha value is -2.17. The molecule has 0 spiro atoms. The minimum Gasteiger partial charge on any atom is -0.478 e. The number of hydrogen-bond donors (Lipinski definition) is 1. The third-order valence-corrected chi connectivity index (χ3v) is 3.46. The van der Waals surface area contributed by atoms with Crippen LogP contribution in [0.15, 0.2) is 29.5 Å². The molecule has 2 heterocycles. The molecule has 1 aliphatic heterocycles. The molecule has 0 unspecified atom stereocenters. The fourth-order valence-electron chi connectivity index (χ4n) is 2.10. The number of aliphatic carboxylic acids is 1. The number of hydrogen-bond acceptors (Lipinski definition) is 3. The zero-order valence-corrected chi connectivity index (χ0v) is 11.0. The van der Waals surface area contributed by atoms with Gasteiger partial charge in [-0.25, -0.2) is 4.79 Å². The molecule has 0 saturated carbocycles. The number of fused-ring (bicyclic) bond motifs is 1. The summed E-state index contributed by atoms with van der Waals surface area (Å²) >= 11 is 0. The first kappa shape index (κ1) is 13.3. The molecule has 2 rings (SSSR count). The first-order chi connectivity index (χ1) is 9.00. The van der Waals surface area contributed by atoms with Gasteiger partial charge in [0, 0.05) is 42.5 Å². The second kappa shape index (κ2) is 5.22. The van der Waals surface area contributed by atoms with Crippen LogP contribution < -0.4 is 0 Å². The van der Waals surface area contributed by atoms with Crippen LogP contribution in [0.5, 0.6) is 0 Å². The summed E-state index contributed by atoms with van der Waals surface area (Å²) in [4.78, 5) is 29.1. The van der Waals surface area contributed by atoms with Crippen LogP contribution in [0.25, 0.3) is 0 Å². The highest BCUT2D eigenvalue weighted by Gasteiger charge is 2.23. The van der Waals surface area contributed by atoms with Gasteiger partial charge in [0.1, 0.15) is 0 Å². The van der Waals surface area contributed by atoms with Crippen molar-refractivity contribution in [3.63, 3.8) is 0 Å². The van der Waals surface area contributed by atoms with E-state index in [1.807, 2.05) is 12.1 Å². The molecule has 1 aliphatic rings. The van der Waals surface area contributed by atoms with Crippen LogP contribution in [0.1, 0.15) is 25.1 Å². The maximum atomic E-state index is 12.2. The Kier molecular flexibility index (Phi) is 3.64. The number of pyridine rings is 1. The number of carbonyl (C=O) groups is 2. The van der Waals surface area contributed by atoms with Crippen LogP contribution in [-0.4, -0.2) is 33.4 Å². The highest BCUT2D eigenvalue weighted by Crippen LogP contribution is 2.19. The maximum Gasteiger partial charge on any atom is 0.331 e. The zero-order chi connectivity index (χ0) is 14.0. The van der Waals surface area contributed by atoms with E-state index in [-0.39, 0.29) is 11.5 Å². The molecule has 0 saturated heterocycles. The Labute approximate surface area is 111 Å². The minimum atomic E-state index is -1.05. The minimum absolute atomic E-state index is 0.0991. The molecule has 0 radical (unpaired) electrons. The molecular formula is C14H16N2O3. The number of carbonyl (C=O) groups excluding carboxylic acids is 1. The number of amides is 1. The van der Waals surface area contributed by atoms with Crippen LogP contribution in [0, 0.1) is 0 Å². The average Bonchev–Trinajstić information content (AvgIpc) is 2.44. The van der Waals surface area contributed by atoms with Gasteiger partial charge in [-0.15, -0.1) is 0 Å². The van der Waals surface area contributed by atoms with E-state index in [0.29, 0.717) is 25.1 Å². The van der Waals surface area contributed by atoms with Gasteiger partial charge in [0.05, 0.1) is 0 Å². The van der Waals surface area contributed by atoms with Gasteiger partial charge in [-0.05, 0) is 25.5 Å².